The molecule has 0 aromatic carbocycles. The van der Waals surface area contributed by atoms with Crippen molar-refractivity contribution in [2.45, 2.75) is 6.82 Å². The minimum absolute atomic E-state index is 0.0972. The number of hydrogen-bond acceptors (Lipinski definition) is 3. The maximum Gasteiger partial charge on any atom is 0.355 e. The Balaban J connectivity index is 2.48. The molecule has 7 heavy (non-hydrogen) atoms. The van der Waals surface area contributed by atoms with E-state index in [4.69, 9.17) is 0 Å². The highest BCUT2D eigenvalue weighted by molar-refractivity contribution is 6.86. The fourth-order valence-corrected chi connectivity index (χ4v) is 0.446. The molecule has 3 nitrogen and oxygen atoms in total. The van der Waals surface area contributed by atoms with Crippen LogP contribution in [0, 0.1) is 0 Å². The molecule has 1 aliphatic heterocycles. The quantitative estimate of drug-likeness (QED) is 0.430. The molecule has 1 heterocycles. The summed E-state index contributed by atoms with van der Waals surface area (Å²) >= 11 is 0. The van der Waals surface area contributed by atoms with E-state index < -0.39 is 0 Å². The van der Waals surface area contributed by atoms with Gasteiger partial charge in [0.15, 0.2) is 0 Å². The van der Waals surface area contributed by atoms with Crippen molar-refractivity contribution in [2.24, 2.45) is 0 Å². The Morgan fingerprint density at radius 3 is 2.86 bits per heavy atom. The van der Waals surface area contributed by atoms with Crippen molar-refractivity contribution in [2.75, 3.05) is 6.73 Å². The van der Waals surface area contributed by atoms with Crippen LogP contribution in [0.4, 0.5) is 4.79 Å². The highest BCUT2D eigenvalue weighted by atomic mass is 16.5. The van der Waals surface area contributed by atoms with E-state index in [0.29, 0.717) is 6.73 Å². The van der Waals surface area contributed by atoms with Gasteiger partial charge in [-0.1, -0.05) is 6.82 Å². The van der Waals surface area contributed by atoms with Gasteiger partial charge in [-0.05, 0) is 0 Å². The molecule has 0 amide bonds. The average Bonchev–Trinajstić information content (AvgIpc) is 1.91. The minimum atomic E-state index is -0.153. The Kier molecular flexibility index (Phi) is 1.02. The van der Waals surface area contributed by atoms with E-state index in [1.807, 2.05) is 0 Å². The van der Waals surface area contributed by atoms with E-state index in [2.05, 4.69) is 9.96 Å². The van der Waals surface area contributed by atoms with Crippen LogP contribution in [0.3, 0.4) is 0 Å². The van der Waals surface area contributed by atoms with Crippen molar-refractivity contribution in [3.63, 3.8) is 0 Å². The highest BCUT2D eigenvalue weighted by Crippen LogP contribution is 1.91. The molecule has 0 aromatic rings. The van der Waals surface area contributed by atoms with Crippen LogP contribution in [0.1, 0.15) is 0 Å². The molecular weight excluding hydrogens is 92.8 g/mol. The number of carbonyl (C=O) groups is 1. The first kappa shape index (κ1) is 4.65. The zero-order chi connectivity index (χ0) is 5.28. The first-order valence-electron chi connectivity index (χ1n) is 2.21. The third kappa shape index (κ3) is 0.744. The first-order valence-corrected chi connectivity index (χ1v) is 2.21. The summed E-state index contributed by atoms with van der Waals surface area (Å²) in [5.41, 5.74) is 0. The van der Waals surface area contributed by atoms with E-state index in [1.165, 1.54) is 0 Å². The predicted molar refractivity (Wildman–Crippen MR) is 26.1 cm³/mol. The van der Waals surface area contributed by atoms with Crippen LogP contribution in [0.25, 0.3) is 0 Å². The topological polar surface area (TPSA) is 38.3 Å². The number of carbonyl (C=O) groups excluding carboxylic acids is 1. The third-order valence-corrected chi connectivity index (χ3v) is 0.958. The largest absolute Gasteiger partial charge is 0.457 e. The van der Waals surface area contributed by atoms with Crippen molar-refractivity contribution >= 4 is 12.7 Å². The summed E-state index contributed by atoms with van der Waals surface area (Å²) in [5.74, 6) is -0.153. The van der Waals surface area contributed by atoms with E-state index in [0.717, 1.165) is 0 Å². The van der Waals surface area contributed by atoms with Gasteiger partial charge >= 0.3 is 6.85 Å². The summed E-state index contributed by atoms with van der Waals surface area (Å²) in [7, 11) is 0. The fourth-order valence-electron chi connectivity index (χ4n) is 0.446. The van der Waals surface area contributed by atoms with Gasteiger partial charge in [0.2, 0.25) is 0 Å². The molecule has 4 heteroatoms. The maximum atomic E-state index is 10.3. The molecule has 1 rings (SSSR count). The van der Waals surface area contributed by atoms with Gasteiger partial charge in [-0.2, -0.15) is 0 Å². The molecule has 0 aromatic heterocycles. The van der Waals surface area contributed by atoms with Crippen LogP contribution in [0.15, 0.2) is 0 Å². The number of nitrogens with one attached hydrogen (secondary N) is 1. The van der Waals surface area contributed by atoms with Gasteiger partial charge in [0.25, 0.3) is 5.87 Å². The van der Waals surface area contributed by atoms with Gasteiger partial charge in [0, 0.05) is 0 Å². The van der Waals surface area contributed by atoms with E-state index in [9.17, 15) is 4.79 Å². The number of cyclic esters (lactones) is 1. The zero-order valence-electron chi connectivity index (χ0n) is 4.10. The summed E-state index contributed by atoms with van der Waals surface area (Å²) in [6.07, 6.45) is 0. The monoisotopic (exact) mass is 99.0 g/mol. The Bertz CT molecular complexity index is 94.9. The molecule has 0 atom stereocenters. The van der Waals surface area contributed by atoms with Crippen molar-refractivity contribution in [3.05, 3.63) is 0 Å². The normalized spacial score (nSPS) is 20.1. The molecule has 0 saturated carbocycles. The van der Waals surface area contributed by atoms with Crippen LogP contribution in [0.5, 0.6) is 0 Å². The number of hydrogen-bond donors (Lipinski definition) is 1. The molecule has 0 aliphatic carbocycles. The second kappa shape index (κ2) is 1.54. The Hall–Kier alpha value is -0.505. The summed E-state index contributed by atoms with van der Waals surface area (Å²) in [4.78, 5) is 10.3. The smallest absolute Gasteiger partial charge is 0.355 e. The number of ether oxygens (including phenoxy) is 1. The molecule has 38 valence electrons. The van der Waals surface area contributed by atoms with E-state index >= 15 is 0 Å². The van der Waals surface area contributed by atoms with Crippen molar-refractivity contribution < 1.29 is 9.53 Å². The fraction of sp³-hybridized carbons (Fsp3) is 0.667. The second-order valence-electron chi connectivity index (χ2n) is 1.53. The lowest BCUT2D eigenvalue weighted by Gasteiger charge is -1.83. The minimum Gasteiger partial charge on any atom is -0.457 e. The lowest BCUT2D eigenvalue weighted by atomic mass is 9.67. The molecule has 1 saturated heterocycles. The Labute approximate surface area is 42.1 Å². The van der Waals surface area contributed by atoms with Crippen molar-refractivity contribution in [1.82, 2.24) is 5.23 Å². The third-order valence-electron chi connectivity index (χ3n) is 0.958. The Morgan fingerprint density at radius 2 is 2.71 bits per heavy atom. The van der Waals surface area contributed by atoms with Crippen LogP contribution in [0.2, 0.25) is 6.82 Å². The summed E-state index contributed by atoms with van der Waals surface area (Å²) in [6.45, 7) is 2.05. The average molecular weight is 98.9 g/mol. The second-order valence-corrected chi connectivity index (χ2v) is 1.53. The molecule has 0 unspecified atom stereocenters. The molecule has 1 aliphatic rings. The molecule has 1 N–H and O–H groups in total. The Morgan fingerprint density at radius 1 is 2.00 bits per heavy atom. The molecule has 1 fully saturated rings. The van der Waals surface area contributed by atoms with E-state index in [-0.39, 0.29) is 12.7 Å². The predicted octanol–water partition coefficient (Wildman–Crippen LogP) is -0.113. The zero-order valence-corrected chi connectivity index (χ0v) is 4.10. The standard InChI is InChI=1S/C3H6BNO2/c1-4-3(6)7-2-5-4/h5H,2H2,1H3. The molecular formula is C3H6BNO2. The van der Waals surface area contributed by atoms with Crippen LogP contribution >= 0.6 is 0 Å². The van der Waals surface area contributed by atoms with E-state index in [1.54, 1.807) is 6.82 Å². The van der Waals surface area contributed by atoms with Crippen molar-refractivity contribution in [3.8, 4) is 0 Å². The van der Waals surface area contributed by atoms with Crippen LogP contribution in [-0.2, 0) is 4.74 Å². The molecule has 0 bridgehead atoms. The van der Waals surface area contributed by atoms with Gasteiger partial charge < -0.3 is 9.96 Å². The summed E-state index contributed by atoms with van der Waals surface area (Å²) < 4.78 is 4.52. The number of rotatable bonds is 0. The van der Waals surface area contributed by atoms with Gasteiger partial charge in [-0.25, -0.2) is 0 Å². The van der Waals surface area contributed by atoms with Gasteiger partial charge in [0.1, 0.15) is 6.73 Å². The SMILES string of the molecule is CB1NCOC1=O. The lowest BCUT2D eigenvalue weighted by Crippen LogP contribution is -2.27. The maximum absolute atomic E-state index is 10.3. The van der Waals surface area contributed by atoms with Crippen LogP contribution < -0.4 is 5.23 Å². The van der Waals surface area contributed by atoms with Gasteiger partial charge in [0.05, 0.1) is 0 Å². The molecule has 0 radical (unpaired) electrons. The van der Waals surface area contributed by atoms with Crippen LogP contribution in [-0.4, -0.2) is 19.4 Å². The summed E-state index contributed by atoms with van der Waals surface area (Å²) in [6, 6.07) is 0. The first-order chi connectivity index (χ1) is 3.30. The van der Waals surface area contributed by atoms with Crippen molar-refractivity contribution in [1.29, 1.82) is 0 Å². The summed E-state index contributed by atoms with van der Waals surface area (Å²) in [5, 5.41) is 2.80. The highest BCUT2D eigenvalue weighted by Gasteiger charge is 2.24. The van der Waals surface area contributed by atoms with Gasteiger partial charge in [-0.15, -0.1) is 0 Å². The lowest BCUT2D eigenvalue weighted by molar-refractivity contribution is 0.182. The van der Waals surface area contributed by atoms with Gasteiger partial charge in [-0.3, -0.25) is 4.79 Å². The molecule has 0 spiro atoms.